The summed E-state index contributed by atoms with van der Waals surface area (Å²) in [4.78, 5) is 19.1. The molecule has 7 nitrogen and oxygen atoms in total. The van der Waals surface area contributed by atoms with Gasteiger partial charge < -0.3 is 14.6 Å². The average Bonchev–Trinajstić information content (AvgIpc) is 3.25. The number of carbonyl (C=O) groups excluding carboxylic acids is 1. The van der Waals surface area contributed by atoms with Crippen molar-refractivity contribution in [1.29, 1.82) is 0 Å². The Morgan fingerprint density at radius 2 is 2.05 bits per heavy atom. The first-order chi connectivity index (χ1) is 17.9. The number of hydrogen-bond acceptors (Lipinski definition) is 7. The van der Waals surface area contributed by atoms with E-state index in [1.807, 2.05) is 44.3 Å². The molecule has 37 heavy (non-hydrogen) atoms. The molecule has 190 valence electrons. The highest BCUT2D eigenvalue weighted by atomic mass is 32.2. The highest BCUT2D eigenvalue weighted by Gasteiger charge is 2.60. The summed E-state index contributed by atoms with van der Waals surface area (Å²) in [6.45, 7) is 6.68. The lowest BCUT2D eigenvalue weighted by atomic mass is 9.92. The van der Waals surface area contributed by atoms with E-state index in [0.29, 0.717) is 11.5 Å². The zero-order valence-corrected chi connectivity index (χ0v) is 22.3. The van der Waals surface area contributed by atoms with Crippen molar-refractivity contribution in [2.45, 2.75) is 37.3 Å². The van der Waals surface area contributed by atoms with Crippen LogP contribution in [0.3, 0.4) is 0 Å². The first-order valence-corrected chi connectivity index (χ1v) is 13.8. The molecule has 1 N–H and O–H groups in total. The molecule has 0 amide bonds. The molecule has 3 heterocycles. The third-order valence-corrected chi connectivity index (χ3v) is 9.07. The van der Waals surface area contributed by atoms with Crippen LogP contribution < -0.4 is 0 Å². The lowest BCUT2D eigenvalue weighted by molar-refractivity contribution is 0.101. The van der Waals surface area contributed by atoms with Crippen LogP contribution >= 0.6 is 11.8 Å². The Labute approximate surface area is 220 Å². The van der Waals surface area contributed by atoms with E-state index in [0.717, 1.165) is 64.9 Å². The molecular formula is C29H31N5O2S. The molecule has 2 fully saturated rings. The summed E-state index contributed by atoms with van der Waals surface area (Å²) in [5, 5.41) is 21.0. The van der Waals surface area contributed by atoms with Gasteiger partial charge in [-0.3, -0.25) is 9.78 Å². The quantitative estimate of drug-likeness (QED) is 0.202. The van der Waals surface area contributed by atoms with Crippen LogP contribution in [0, 0.1) is 12.8 Å². The molecule has 0 bridgehead atoms. The molecule has 0 spiro atoms. The number of aromatic hydroxyl groups is 1. The van der Waals surface area contributed by atoms with Crippen LogP contribution in [0.4, 0.5) is 0 Å². The second kappa shape index (κ2) is 9.26. The molecule has 2 aromatic carbocycles. The van der Waals surface area contributed by atoms with Crippen molar-refractivity contribution in [2.75, 3.05) is 25.4 Å². The number of ketones is 1. The van der Waals surface area contributed by atoms with Gasteiger partial charge in [0, 0.05) is 47.9 Å². The molecule has 6 rings (SSSR count). The number of fused-ring (bicyclic) bond motifs is 2. The van der Waals surface area contributed by atoms with Crippen molar-refractivity contribution < 1.29 is 9.90 Å². The Morgan fingerprint density at radius 3 is 2.89 bits per heavy atom. The summed E-state index contributed by atoms with van der Waals surface area (Å²) in [5.74, 6) is 2.48. The van der Waals surface area contributed by atoms with E-state index >= 15 is 0 Å². The second-order valence-electron chi connectivity index (χ2n) is 10.5. The summed E-state index contributed by atoms with van der Waals surface area (Å²) < 4.78 is 2.08. The molecule has 1 saturated heterocycles. The van der Waals surface area contributed by atoms with E-state index in [-0.39, 0.29) is 16.9 Å². The maximum absolute atomic E-state index is 11.9. The molecule has 2 atom stereocenters. The number of Topliss-reactive ketones (excluding diaryl/α,β-unsaturated/α-hetero) is 1. The van der Waals surface area contributed by atoms with Crippen LogP contribution in [0.5, 0.6) is 5.75 Å². The minimum Gasteiger partial charge on any atom is -0.507 e. The number of hydrogen-bond donors (Lipinski definition) is 1. The van der Waals surface area contributed by atoms with E-state index in [9.17, 15) is 9.90 Å². The lowest BCUT2D eigenvalue weighted by Crippen LogP contribution is -2.28. The minimum atomic E-state index is -0.0843. The number of phenolic OH excluding ortho intramolecular Hbond substituents is 1. The summed E-state index contributed by atoms with van der Waals surface area (Å²) in [7, 11) is 2.03. The van der Waals surface area contributed by atoms with Crippen molar-refractivity contribution in [3.63, 3.8) is 0 Å². The maximum Gasteiger partial charge on any atom is 0.191 e. The number of thioether (sulfide) groups is 1. The molecule has 2 aliphatic rings. The molecular weight excluding hydrogens is 482 g/mol. The molecule has 1 saturated carbocycles. The van der Waals surface area contributed by atoms with Crippen molar-refractivity contribution >= 4 is 28.4 Å². The van der Waals surface area contributed by atoms with Gasteiger partial charge in [-0.2, -0.15) is 0 Å². The van der Waals surface area contributed by atoms with Crippen LogP contribution in [0.2, 0.25) is 0 Å². The number of aryl methyl sites for hydroxylation is 1. The zero-order chi connectivity index (χ0) is 25.7. The molecule has 0 radical (unpaired) electrons. The molecule has 1 aliphatic heterocycles. The van der Waals surface area contributed by atoms with Crippen LogP contribution in [-0.2, 0) is 12.5 Å². The number of rotatable bonds is 8. The number of aromatic nitrogens is 4. The third-order valence-electron chi connectivity index (χ3n) is 7.96. The normalized spacial score (nSPS) is 20.9. The summed E-state index contributed by atoms with van der Waals surface area (Å²) >= 11 is 1.75. The third kappa shape index (κ3) is 4.32. The summed E-state index contributed by atoms with van der Waals surface area (Å²) in [6, 6.07) is 15.9. The number of nitrogens with zero attached hydrogens (tertiary/aromatic N) is 5. The van der Waals surface area contributed by atoms with E-state index < -0.39 is 0 Å². The average molecular weight is 514 g/mol. The highest BCUT2D eigenvalue weighted by Crippen LogP contribution is 2.59. The van der Waals surface area contributed by atoms with Gasteiger partial charge in [0.2, 0.25) is 0 Å². The smallest absolute Gasteiger partial charge is 0.191 e. The van der Waals surface area contributed by atoms with E-state index in [1.165, 1.54) is 18.9 Å². The highest BCUT2D eigenvalue weighted by molar-refractivity contribution is 7.99. The van der Waals surface area contributed by atoms with Gasteiger partial charge in [-0.25, -0.2) is 0 Å². The molecule has 4 aromatic rings. The van der Waals surface area contributed by atoms with Crippen LogP contribution in [0.1, 0.15) is 41.4 Å². The first-order valence-electron chi connectivity index (χ1n) is 12.8. The second-order valence-corrected chi connectivity index (χ2v) is 11.5. The number of benzene rings is 2. The minimum absolute atomic E-state index is 0.0795. The van der Waals surface area contributed by atoms with Crippen molar-refractivity contribution in [2.24, 2.45) is 13.0 Å². The molecule has 8 heteroatoms. The predicted octanol–water partition coefficient (Wildman–Crippen LogP) is 5.00. The summed E-state index contributed by atoms with van der Waals surface area (Å²) in [6.07, 6.45) is 2.24. The Bertz CT molecular complexity index is 1520. The van der Waals surface area contributed by atoms with Gasteiger partial charge in [-0.15, -0.1) is 10.2 Å². The number of piperidine rings is 1. The Morgan fingerprint density at radius 1 is 1.19 bits per heavy atom. The fraction of sp³-hybridized carbons (Fsp3) is 0.379. The number of phenols is 1. The lowest BCUT2D eigenvalue weighted by Gasteiger charge is -2.21. The van der Waals surface area contributed by atoms with Gasteiger partial charge in [0.05, 0.1) is 11.1 Å². The predicted molar refractivity (Wildman–Crippen MR) is 146 cm³/mol. The molecule has 2 unspecified atom stereocenters. The van der Waals surface area contributed by atoms with E-state index in [2.05, 4.69) is 36.8 Å². The standard InChI is InChI=1S/C29H31N5O2S/c1-18-8-10-22-23(6-4-7-25(22)30-18)27-31-32-28(33(27)3)37-13-5-12-34-16-21-15-29(21,17-34)20-9-11-26(36)24(14-20)19(2)35/h4,6-11,14,21,36H,5,12-13,15-17H2,1-3H3. The van der Waals surface area contributed by atoms with Crippen molar-refractivity contribution in [3.05, 3.63) is 65.4 Å². The largest absolute Gasteiger partial charge is 0.507 e. The van der Waals surface area contributed by atoms with Gasteiger partial charge >= 0.3 is 0 Å². The Balaban J connectivity index is 1.07. The summed E-state index contributed by atoms with van der Waals surface area (Å²) in [5.41, 5.74) is 4.81. The van der Waals surface area contributed by atoms with E-state index in [1.54, 1.807) is 17.8 Å². The topological polar surface area (TPSA) is 84.1 Å². The fourth-order valence-corrected chi connectivity index (χ4v) is 6.75. The van der Waals surface area contributed by atoms with Gasteiger partial charge in [0.1, 0.15) is 5.75 Å². The van der Waals surface area contributed by atoms with Crippen LogP contribution in [-0.4, -0.2) is 60.9 Å². The van der Waals surface area contributed by atoms with Gasteiger partial charge in [-0.1, -0.05) is 36.0 Å². The van der Waals surface area contributed by atoms with Gasteiger partial charge in [0.15, 0.2) is 16.8 Å². The monoisotopic (exact) mass is 513 g/mol. The van der Waals surface area contributed by atoms with Crippen molar-refractivity contribution in [1.82, 2.24) is 24.6 Å². The molecule has 2 aromatic heterocycles. The van der Waals surface area contributed by atoms with Gasteiger partial charge in [0.25, 0.3) is 0 Å². The Hall–Kier alpha value is -3.23. The van der Waals surface area contributed by atoms with Crippen LogP contribution in [0.15, 0.2) is 53.7 Å². The molecule has 1 aliphatic carbocycles. The maximum atomic E-state index is 11.9. The SMILES string of the molecule is CC(=O)c1cc(C23CC2CN(CCCSc2nnc(-c4cccc5nc(C)ccc45)n2C)C3)ccc1O. The number of pyridine rings is 1. The zero-order valence-electron chi connectivity index (χ0n) is 21.4. The van der Waals surface area contributed by atoms with Crippen LogP contribution in [0.25, 0.3) is 22.3 Å². The fourth-order valence-electron chi connectivity index (χ4n) is 5.91. The van der Waals surface area contributed by atoms with E-state index in [4.69, 9.17) is 0 Å². The van der Waals surface area contributed by atoms with Gasteiger partial charge in [-0.05, 0) is 69.0 Å². The number of carbonyl (C=O) groups is 1. The first kappa shape index (κ1) is 24.1. The Kier molecular flexibility index (Phi) is 6.04. The van der Waals surface area contributed by atoms with Crippen molar-refractivity contribution in [3.8, 4) is 17.1 Å². The number of likely N-dealkylation sites (tertiary alicyclic amines) is 1.